The van der Waals surface area contributed by atoms with Crippen molar-refractivity contribution in [3.8, 4) is 0 Å². The summed E-state index contributed by atoms with van der Waals surface area (Å²) in [6.45, 7) is 4.49. The highest BCUT2D eigenvalue weighted by atomic mass is 16.5. The van der Waals surface area contributed by atoms with Gasteiger partial charge in [-0.2, -0.15) is 5.10 Å². The largest absolute Gasteiger partial charge is 0.392 e. The van der Waals surface area contributed by atoms with Gasteiger partial charge in [0.25, 0.3) is 5.91 Å². The molecule has 1 saturated heterocycles. The number of nitrogens with zero attached hydrogens (tertiary/aromatic N) is 3. The maximum absolute atomic E-state index is 13.1. The minimum absolute atomic E-state index is 0.0248. The smallest absolute Gasteiger partial charge is 0.255 e. The Hall–Kier alpha value is -2.97. The highest BCUT2D eigenvalue weighted by molar-refractivity contribution is 6.06. The molecule has 4 rings (SSSR count). The topological polar surface area (TPSA) is 101 Å². The summed E-state index contributed by atoms with van der Waals surface area (Å²) in [6.07, 6.45) is 5.17. The fourth-order valence-corrected chi connectivity index (χ4v) is 3.75. The lowest BCUT2D eigenvalue weighted by molar-refractivity contribution is 0.0904. The van der Waals surface area contributed by atoms with Crippen molar-refractivity contribution in [2.75, 3.05) is 18.5 Å². The van der Waals surface area contributed by atoms with Crippen molar-refractivity contribution >= 4 is 22.6 Å². The third-order valence-corrected chi connectivity index (χ3v) is 5.41. The van der Waals surface area contributed by atoms with Gasteiger partial charge in [-0.1, -0.05) is 24.3 Å². The summed E-state index contributed by atoms with van der Waals surface area (Å²) in [5.74, 6) is -0.197. The van der Waals surface area contributed by atoms with Gasteiger partial charge in [0.15, 0.2) is 5.65 Å². The van der Waals surface area contributed by atoms with Crippen LogP contribution in [0.15, 0.2) is 36.7 Å². The Bertz CT molecular complexity index is 1030. The number of anilines is 1. The average molecular weight is 409 g/mol. The molecule has 8 heteroatoms. The predicted molar refractivity (Wildman–Crippen MR) is 114 cm³/mol. The Labute approximate surface area is 175 Å². The number of fused-ring (bicyclic) bond motifs is 1. The number of carbonyl (C=O) groups excluding carboxylic acids is 1. The predicted octanol–water partition coefficient (Wildman–Crippen LogP) is 2.46. The lowest BCUT2D eigenvalue weighted by Gasteiger charge is -2.25. The van der Waals surface area contributed by atoms with Crippen LogP contribution < -0.4 is 10.6 Å². The molecule has 0 atom stereocenters. The van der Waals surface area contributed by atoms with E-state index in [9.17, 15) is 9.90 Å². The van der Waals surface area contributed by atoms with Crippen LogP contribution in [0.1, 0.15) is 41.3 Å². The first-order chi connectivity index (χ1) is 14.7. The van der Waals surface area contributed by atoms with Crippen LogP contribution in [-0.4, -0.2) is 45.0 Å². The van der Waals surface area contributed by atoms with E-state index in [0.717, 1.165) is 40.7 Å². The van der Waals surface area contributed by atoms with E-state index in [1.165, 1.54) is 0 Å². The number of rotatable bonds is 7. The van der Waals surface area contributed by atoms with Gasteiger partial charge in [0.2, 0.25) is 0 Å². The van der Waals surface area contributed by atoms with Gasteiger partial charge < -0.3 is 20.5 Å². The van der Waals surface area contributed by atoms with Gasteiger partial charge in [-0.05, 0) is 30.9 Å². The second kappa shape index (κ2) is 9.23. The molecule has 0 saturated carbocycles. The van der Waals surface area contributed by atoms with E-state index < -0.39 is 0 Å². The number of aliphatic hydroxyl groups is 1. The van der Waals surface area contributed by atoms with Crippen molar-refractivity contribution in [1.29, 1.82) is 0 Å². The molecule has 1 aliphatic heterocycles. The summed E-state index contributed by atoms with van der Waals surface area (Å²) in [6, 6.07) is 7.77. The Morgan fingerprint density at radius 2 is 2.07 bits per heavy atom. The molecule has 0 spiro atoms. The van der Waals surface area contributed by atoms with Crippen molar-refractivity contribution < 1.29 is 14.6 Å². The number of aryl methyl sites for hydroxylation is 1. The quantitative estimate of drug-likeness (QED) is 0.554. The van der Waals surface area contributed by atoms with Crippen LogP contribution in [-0.2, 0) is 24.4 Å². The van der Waals surface area contributed by atoms with Gasteiger partial charge in [-0.15, -0.1) is 0 Å². The second-order valence-corrected chi connectivity index (χ2v) is 7.44. The number of aromatic nitrogens is 3. The molecule has 3 N–H and O–H groups in total. The minimum Gasteiger partial charge on any atom is -0.392 e. The number of ether oxygens (including phenoxy) is 1. The van der Waals surface area contributed by atoms with Gasteiger partial charge in [0, 0.05) is 38.5 Å². The lowest BCUT2D eigenvalue weighted by atomic mass is 10.1. The molecule has 1 fully saturated rings. The first-order valence-corrected chi connectivity index (χ1v) is 10.3. The number of hydrogen-bond acceptors (Lipinski definition) is 6. The molecule has 158 valence electrons. The normalized spacial score (nSPS) is 14.7. The third-order valence-electron chi connectivity index (χ3n) is 5.41. The molecule has 0 unspecified atom stereocenters. The number of nitrogens with one attached hydrogen (secondary N) is 2. The van der Waals surface area contributed by atoms with Crippen molar-refractivity contribution in [2.45, 2.75) is 45.5 Å². The van der Waals surface area contributed by atoms with E-state index in [1.807, 2.05) is 35.9 Å². The van der Waals surface area contributed by atoms with Crippen LogP contribution in [0.3, 0.4) is 0 Å². The highest BCUT2D eigenvalue weighted by Crippen LogP contribution is 2.28. The minimum atomic E-state index is -0.197. The summed E-state index contributed by atoms with van der Waals surface area (Å²) < 4.78 is 7.29. The summed E-state index contributed by atoms with van der Waals surface area (Å²) in [4.78, 5) is 17.6. The molecule has 3 heterocycles. The van der Waals surface area contributed by atoms with E-state index in [2.05, 4.69) is 20.7 Å². The van der Waals surface area contributed by atoms with Gasteiger partial charge in [0.1, 0.15) is 0 Å². The molecule has 30 heavy (non-hydrogen) atoms. The third kappa shape index (κ3) is 4.29. The zero-order valence-corrected chi connectivity index (χ0v) is 17.1. The molecular formula is C22H27N5O3. The van der Waals surface area contributed by atoms with Crippen LogP contribution in [0, 0.1) is 0 Å². The van der Waals surface area contributed by atoms with Gasteiger partial charge in [-0.3, -0.25) is 4.79 Å². The first kappa shape index (κ1) is 20.3. The molecule has 1 aromatic carbocycles. The second-order valence-electron chi connectivity index (χ2n) is 7.44. The Balaban J connectivity index is 1.61. The SMILES string of the molecule is CCn1ncc2c(NC3CCOCC3)c(C(=O)NCc3cccc(CO)c3)cnc21. The number of benzene rings is 1. The monoisotopic (exact) mass is 409 g/mol. The summed E-state index contributed by atoms with van der Waals surface area (Å²) in [5.41, 5.74) is 3.79. The zero-order valence-electron chi connectivity index (χ0n) is 17.1. The lowest BCUT2D eigenvalue weighted by Crippen LogP contribution is -2.30. The zero-order chi connectivity index (χ0) is 20.9. The van der Waals surface area contributed by atoms with Crippen molar-refractivity contribution in [3.63, 3.8) is 0 Å². The first-order valence-electron chi connectivity index (χ1n) is 10.3. The van der Waals surface area contributed by atoms with Crippen molar-refractivity contribution in [1.82, 2.24) is 20.1 Å². The van der Waals surface area contributed by atoms with Crippen molar-refractivity contribution in [2.24, 2.45) is 0 Å². The van der Waals surface area contributed by atoms with Crippen molar-refractivity contribution in [3.05, 3.63) is 53.3 Å². The van der Waals surface area contributed by atoms with Gasteiger partial charge in [-0.25, -0.2) is 9.67 Å². The van der Waals surface area contributed by atoms with Crippen LogP contribution in [0.5, 0.6) is 0 Å². The fraction of sp³-hybridized carbons (Fsp3) is 0.409. The molecular weight excluding hydrogens is 382 g/mol. The molecule has 1 amide bonds. The van der Waals surface area contributed by atoms with Crippen LogP contribution in [0.25, 0.3) is 11.0 Å². The Kier molecular flexibility index (Phi) is 6.25. The molecule has 8 nitrogen and oxygen atoms in total. The Morgan fingerprint density at radius 1 is 1.27 bits per heavy atom. The van der Waals surface area contributed by atoms with Crippen LogP contribution >= 0.6 is 0 Å². The maximum atomic E-state index is 13.1. The van der Waals surface area contributed by atoms with E-state index in [1.54, 1.807) is 12.4 Å². The molecule has 0 bridgehead atoms. The van der Waals surface area contributed by atoms with Crippen LogP contribution in [0.4, 0.5) is 5.69 Å². The number of amides is 1. The molecule has 2 aromatic heterocycles. The van der Waals surface area contributed by atoms with E-state index in [-0.39, 0.29) is 18.6 Å². The van der Waals surface area contributed by atoms with E-state index >= 15 is 0 Å². The summed E-state index contributed by atoms with van der Waals surface area (Å²) in [5, 5.41) is 21.1. The van der Waals surface area contributed by atoms with E-state index in [0.29, 0.717) is 31.9 Å². The Morgan fingerprint density at radius 3 is 2.83 bits per heavy atom. The van der Waals surface area contributed by atoms with Gasteiger partial charge >= 0.3 is 0 Å². The number of carbonyl (C=O) groups is 1. The van der Waals surface area contributed by atoms with Crippen LogP contribution in [0.2, 0.25) is 0 Å². The molecule has 3 aromatic rings. The average Bonchev–Trinajstić information content (AvgIpc) is 3.22. The van der Waals surface area contributed by atoms with E-state index in [4.69, 9.17) is 4.74 Å². The number of aliphatic hydroxyl groups excluding tert-OH is 1. The highest BCUT2D eigenvalue weighted by Gasteiger charge is 2.22. The number of pyridine rings is 1. The molecule has 0 aliphatic carbocycles. The summed E-state index contributed by atoms with van der Waals surface area (Å²) >= 11 is 0. The number of hydrogen-bond donors (Lipinski definition) is 3. The molecule has 1 aliphatic rings. The maximum Gasteiger partial charge on any atom is 0.255 e. The molecule has 0 radical (unpaired) electrons. The fourth-order valence-electron chi connectivity index (χ4n) is 3.75. The van der Waals surface area contributed by atoms with Gasteiger partial charge in [0.05, 0.1) is 29.4 Å². The summed E-state index contributed by atoms with van der Waals surface area (Å²) in [7, 11) is 0. The standard InChI is InChI=1S/C22H27N5O3/c1-2-27-21-18(13-25-27)20(26-17-6-8-30-9-7-17)19(12-23-21)22(29)24-11-15-4-3-5-16(10-15)14-28/h3-5,10,12-13,17,28H,2,6-9,11,14H2,1H3,(H,23,26)(H,24,29).